The van der Waals surface area contributed by atoms with Crippen molar-refractivity contribution in [1.82, 2.24) is 19.7 Å². The molecule has 3 rings (SSSR count). The standard InChI is InChI=1S/C12H11ClN4S/c1-7-3-9-10(4-8(7)2)17(6-14-9)5-11-15-16-12(13)18-11/h3-4,6H,5H2,1-2H3. The van der Waals surface area contributed by atoms with E-state index in [0.717, 1.165) is 16.0 Å². The van der Waals surface area contributed by atoms with Crippen LogP contribution in [0.5, 0.6) is 0 Å². The minimum absolute atomic E-state index is 0.474. The maximum absolute atomic E-state index is 5.78. The molecule has 0 aliphatic rings. The highest BCUT2D eigenvalue weighted by Gasteiger charge is 2.08. The average molecular weight is 279 g/mol. The Kier molecular flexibility index (Phi) is 2.80. The molecule has 6 heteroatoms. The van der Waals surface area contributed by atoms with E-state index in [0.29, 0.717) is 11.0 Å². The molecular formula is C12H11ClN4S. The smallest absolute Gasteiger partial charge is 0.207 e. The van der Waals surface area contributed by atoms with Crippen molar-refractivity contribution in [3.05, 3.63) is 39.1 Å². The molecule has 4 nitrogen and oxygen atoms in total. The quantitative estimate of drug-likeness (QED) is 0.723. The van der Waals surface area contributed by atoms with Crippen LogP contribution in [0.4, 0.5) is 0 Å². The van der Waals surface area contributed by atoms with Gasteiger partial charge in [-0.3, -0.25) is 0 Å². The van der Waals surface area contributed by atoms with Crippen LogP contribution in [-0.2, 0) is 6.54 Å². The Morgan fingerprint density at radius 3 is 2.72 bits per heavy atom. The first-order valence-electron chi connectivity index (χ1n) is 5.53. The van der Waals surface area contributed by atoms with Gasteiger partial charge in [-0.05, 0) is 48.7 Å². The average Bonchev–Trinajstić information content (AvgIpc) is 2.89. The van der Waals surface area contributed by atoms with Gasteiger partial charge in [0.25, 0.3) is 0 Å². The Balaban J connectivity index is 2.04. The van der Waals surface area contributed by atoms with Crippen LogP contribution in [0.25, 0.3) is 11.0 Å². The highest BCUT2D eigenvalue weighted by molar-refractivity contribution is 7.15. The van der Waals surface area contributed by atoms with Gasteiger partial charge in [0, 0.05) is 0 Å². The fourth-order valence-electron chi connectivity index (χ4n) is 1.88. The number of rotatable bonds is 2. The third-order valence-corrected chi connectivity index (χ3v) is 3.99. The predicted molar refractivity (Wildman–Crippen MR) is 73.2 cm³/mol. The van der Waals surface area contributed by atoms with E-state index >= 15 is 0 Å². The molecule has 0 saturated heterocycles. The number of hydrogen-bond acceptors (Lipinski definition) is 4. The normalized spacial score (nSPS) is 11.3. The molecule has 0 aliphatic heterocycles. The minimum Gasteiger partial charge on any atom is -0.324 e. The van der Waals surface area contributed by atoms with Crippen LogP contribution in [0.3, 0.4) is 0 Å². The lowest BCUT2D eigenvalue weighted by Gasteiger charge is -2.03. The molecule has 0 N–H and O–H groups in total. The van der Waals surface area contributed by atoms with Crippen molar-refractivity contribution in [2.24, 2.45) is 0 Å². The van der Waals surface area contributed by atoms with Gasteiger partial charge < -0.3 is 4.57 Å². The van der Waals surface area contributed by atoms with Crippen LogP contribution in [0, 0.1) is 13.8 Å². The third kappa shape index (κ3) is 2.00. The molecule has 0 unspecified atom stereocenters. The molecule has 0 radical (unpaired) electrons. The molecule has 92 valence electrons. The summed E-state index contributed by atoms with van der Waals surface area (Å²) in [4.78, 5) is 4.41. The topological polar surface area (TPSA) is 43.6 Å². The molecule has 0 amide bonds. The lowest BCUT2D eigenvalue weighted by molar-refractivity contribution is 0.800. The molecule has 0 fully saturated rings. The van der Waals surface area contributed by atoms with E-state index in [2.05, 4.69) is 45.7 Å². The zero-order valence-corrected chi connectivity index (χ0v) is 11.6. The second kappa shape index (κ2) is 4.33. The first-order valence-corrected chi connectivity index (χ1v) is 6.73. The van der Waals surface area contributed by atoms with Gasteiger partial charge in [-0.15, -0.1) is 10.2 Å². The van der Waals surface area contributed by atoms with Crippen molar-refractivity contribution in [2.75, 3.05) is 0 Å². The maximum atomic E-state index is 5.78. The van der Waals surface area contributed by atoms with Crippen molar-refractivity contribution >= 4 is 34.0 Å². The lowest BCUT2D eigenvalue weighted by atomic mass is 10.1. The number of aromatic nitrogens is 4. The number of benzene rings is 1. The molecule has 1 aromatic carbocycles. The third-order valence-electron chi connectivity index (χ3n) is 2.98. The van der Waals surface area contributed by atoms with Crippen LogP contribution >= 0.6 is 22.9 Å². The first-order chi connectivity index (χ1) is 8.63. The summed E-state index contributed by atoms with van der Waals surface area (Å²) in [5.74, 6) is 0. The summed E-state index contributed by atoms with van der Waals surface area (Å²) in [6, 6.07) is 4.26. The molecule has 0 bridgehead atoms. The second-order valence-electron chi connectivity index (χ2n) is 4.25. The number of hydrogen-bond donors (Lipinski definition) is 0. The van der Waals surface area contributed by atoms with Gasteiger partial charge in [-0.25, -0.2) is 4.98 Å². The first kappa shape index (κ1) is 11.6. The fraction of sp³-hybridized carbons (Fsp3) is 0.250. The highest BCUT2D eigenvalue weighted by atomic mass is 35.5. The van der Waals surface area contributed by atoms with E-state index < -0.39 is 0 Å². The number of imidazole rings is 1. The van der Waals surface area contributed by atoms with Crippen molar-refractivity contribution in [1.29, 1.82) is 0 Å². The monoisotopic (exact) mass is 278 g/mol. The molecule has 0 aliphatic carbocycles. The lowest BCUT2D eigenvalue weighted by Crippen LogP contribution is -1.97. The summed E-state index contributed by atoms with van der Waals surface area (Å²) in [6.45, 7) is 4.86. The van der Waals surface area contributed by atoms with Gasteiger partial charge in [0.15, 0.2) is 0 Å². The van der Waals surface area contributed by atoms with Gasteiger partial charge in [-0.1, -0.05) is 11.3 Å². The van der Waals surface area contributed by atoms with E-state index in [4.69, 9.17) is 11.6 Å². The largest absolute Gasteiger partial charge is 0.324 e. The van der Waals surface area contributed by atoms with E-state index in [-0.39, 0.29) is 0 Å². The number of nitrogens with zero attached hydrogens (tertiary/aromatic N) is 4. The van der Waals surface area contributed by atoms with Gasteiger partial charge >= 0.3 is 0 Å². The van der Waals surface area contributed by atoms with Crippen LogP contribution in [-0.4, -0.2) is 19.7 Å². The minimum atomic E-state index is 0.474. The van der Waals surface area contributed by atoms with Crippen molar-refractivity contribution in [3.63, 3.8) is 0 Å². The summed E-state index contributed by atoms with van der Waals surface area (Å²) < 4.78 is 2.54. The van der Waals surface area contributed by atoms with Gasteiger partial charge in [-0.2, -0.15) is 0 Å². The Morgan fingerprint density at radius 2 is 2.00 bits per heavy atom. The Bertz CT molecular complexity index is 716. The predicted octanol–water partition coefficient (Wildman–Crippen LogP) is 3.21. The summed E-state index contributed by atoms with van der Waals surface area (Å²) in [7, 11) is 0. The summed E-state index contributed by atoms with van der Waals surface area (Å²) in [6.07, 6.45) is 1.83. The van der Waals surface area contributed by atoms with Crippen LogP contribution in [0.1, 0.15) is 16.1 Å². The highest BCUT2D eigenvalue weighted by Crippen LogP contribution is 2.21. The van der Waals surface area contributed by atoms with Crippen LogP contribution < -0.4 is 0 Å². The van der Waals surface area contributed by atoms with E-state index in [1.54, 1.807) is 0 Å². The summed E-state index contributed by atoms with van der Waals surface area (Å²) in [5, 5.41) is 8.72. The molecule has 2 heterocycles. The molecule has 0 spiro atoms. The molecular weight excluding hydrogens is 268 g/mol. The maximum Gasteiger partial charge on any atom is 0.207 e. The molecule has 0 saturated carbocycles. The molecule has 0 atom stereocenters. The molecule has 2 aromatic heterocycles. The SMILES string of the molecule is Cc1cc2ncn(Cc3nnc(Cl)s3)c2cc1C. The van der Waals surface area contributed by atoms with Crippen LogP contribution in [0.2, 0.25) is 4.47 Å². The fourth-order valence-corrected chi connectivity index (χ4v) is 2.75. The number of fused-ring (bicyclic) bond motifs is 1. The van der Waals surface area contributed by atoms with Gasteiger partial charge in [0.2, 0.25) is 4.47 Å². The van der Waals surface area contributed by atoms with E-state index in [1.165, 1.54) is 22.5 Å². The van der Waals surface area contributed by atoms with Crippen molar-refractivity contribution in [2.45, 2.75) is 20.4 Å². The van der Waals surface area contributed by atoms with Crippen LogP contribution in [0.15, 0.2) is 18.5 Å². The Morgan fingerprint density at radius 1 is 1.22 bits per heavy atom. The summed E-state index contributed by atoms with van der Waals surface area (Å²) in [5.41, 5.74) is 4.64. The van der Waals surface area contributed by atoms with E-state index in [1.807, 2.05) is 6.33 Å². The van der Waals surface area contributed by atoms with Gasteiger partial charge in [0.05, 0.1) is 23.9 Å². The second-order valence-corrected chi connectivity index (χ2v) is 5.89. The van der Waals surface area contributed by atoms with Crippen molar-refractivity contribution < 1.29 is 0 Å². The zero-order chi connectivity index (χ0) is 12.7. The summed E-state index contributed by atoms with van der Waals surface area (Å²) >= 11 is 7.18. The van der Waals surface area contributed by atoms with Crippen molar-refractivity contribution in [3.8, 4) is 0 Å². The Hall–Kier alpha value is -1.46. The molecule has 18 heavy (non-hydrogen) atoms. The number of aryl methyl sites for hydroxylation is 2. The Labute approximate surface area is 113 Å². The van der Waals surface area contributed by atoms with Gasteiger partial charge in [0.1, 0.15) is 5.01 Å². The molecule has 3 aromatic rings. The van der Waals surface area contributed by atoms with E-state index in [9.17, 15) is 0 Å². The number of halogens is 1. The zero-order valence-electron chi connectivity index (χ0n) is 10.0.